The van der Waals surface area contributed by atoms with Crippen LogP contribution < -0.4 is 10.9 Å². The summed E-state index contributed by atoms with van der Waals surface area (Å²) in [7, 11) is 0. The predicted octanol–water partition coefficient (Wildman–Crippen LogP) is 5.31. The van der Waals surface area contributed by atoms with Gasteiger partial charge in [-0.05, 0) is 55.5 Å². The first-order valence-corrected chi connectivity index (χ1v) is 11.2. The zero-order valence-electron chi connectivity index (χ0n) is 17.5. The number of furan rings is 1. The van der Waals surface area contributed by atoms with E-state index >= 15 is 0 Å². The van der Waals surface area contributed by atoms with Crippen molar-refractivity contribution in [3.63, 3.8) is 0 Å². The molecule has 8 heteroatoms. The van der Waals surface area contributed by atoms with E-state index in [4.69, 9.17) is 4.42 Å². The van der Waals surface area contributed by atoms with Crippen molar-refractivity contribution < 1.29 is 13.6 Å². The first kappa shape index (κ1) is 21.0. The van der Waals surface area contributed by atoms with E-state index < -0.39 is 11.4 Å². The standard InChI is InChI=1S/C25H18FN3O3S/c1-15-6-10-17(11-7-15)27-21(30)14-33-25-28-22-19-4-2-3-5-20(19)32-23(22)24(31)29(25)18-12-8-16(26)9-13-18/h2-13H,14H2,1H3,(H,27,30). The highest BCUT2D eigenvalue weighted by molar-refractivity contribution is 7.99. The number of carbonyl (C=O) groups excluding carboxylic acids is 1. The second-order valence-electron chi connectivity index (χ2n) is 7.49. The first-order chi connectivity index (χ1) is 16.0. The van der Waals surface area contributed by atoms with Gasteiger partial charge in [-0.2, -0.15) is 0 Å². The number of nitrogens with one attached hydrogen (secondary N) is 1. The quantitative estimate of drug-likeness (QED) is 0.285. The van der Waals surface area contributed by atoms with Crippen LogP contribution in [0.15, 0.2) is 87.2 Å². The highest BCUT2D eigenvalue weighted by Crippen LogP contribution is 2.28. The Morgan fingerprint density at radius 2 is 1.79 bits per heavy atom. The van der Waals surface area contributed by atoms with Gasteiger partial charge in [-0.15, -0.1) is 0 Å². The molecule has 0 aliphatic heterocycles. The number of thioether (sulfide) groups is 1. The van der Waals surface area contributed by atoms with Gasteiger partial charge in [0.1, 0.15) is 16.9 Å². The molecule has 3 aromatic carbocycles. The molecule has 1 amide bonds. The van der Waals surface area contributed by atoms with E-state index in [0.717, 1.165) is 17.3 Å². The number of rotatable bonds is 5. The van der Waals surface area contributed by atoms with E-state index in [1.54, 1.807) is 6.07 Å². The zero-order valence-corrected chi connectivity index (χ0v) is 18.4. The van der Waals surface area contributed by atoms with Crippen molar-refractivity contribution in [1.82, 2.24) is 9.55 Å². The maximum Gasteiger partial charge on any atom is 0.302 e. The van der Waals surface area contributed by atoms with Crippen molar-refractivity contribution >= 4 is 45.4 Å². The molecule has 2 heterocycles. The molecule has 0 radical (unpaired) electrons. The number of halogens is 1. The molecule has 1 N–H and O–H groups in total. The van der Waals surface area contributed by atoms with Crippen LogP contribution in [0, 0.1) is 12.7 Å². The van der Waals surface area contributed by atoms with E-state index in [2.05, 4.69) is 10.3 Å². The lowest BCUT2D eigenvalue weighted by Gasteiger charge is -2.12. The van der Waals surface area contributed by atoms with Gasteiger partial charge in [-0.1, -0.05) is 41.6 Å². The minimum absolute atomic E-state index is 0.0306. The molecule has 5 rings (SSSR count). The van der Waals surface area contributed by atoms with Crippen molar-refractivity contribution in [2.24, 2.45) is 0 Å². The maximum absolute atomic E-state index is 13.5. The zero-order chi connectivity index (χ0) is 22.9. The largest absolute Gasteiger partial charge is 0.448 e. The highest BCUT2D eigenvalue weighted by atomic mass is 32.2. The monoisotopic (exact) mass is 459 g/mol. The third-order valence-corrected chi connectivity index (χ3v) is 6.06. The van der Waals surface area contributed by atoms with Crippen molar-refractivity contribution in [3.8, 4) is 5.69 Å². The average Bonchev–Trinajstić information content (AvgIpc) is 3.19. The number of hydrogen-bond donors (Lipinski definition) is 1. The summed E-state index contributed by atoms with van der Waals surface area (Å²) in [5, 5.41) is 3.86. The molecule has 2 aromatic heterocycles. The van der Waals surface area contributed by atoms with Gasteiger partial charge in [-0.25, -0.2) is 9.37 Å². The summed E-state index contributed by atoms with van der Waals surface area (Å²) >= 11 is 1.12. The number of nitrogens with zero attached hydrogens (tertiary/aromatic N) is 2. The lowest BCUT2D eigenvalue weighted by atomic mass is 10.2. The highest BCUT2D eigenvalue weighted by Gasteiger charge is 2.19. The minimum Gasteiger partial charge on any atom is -0.448 e. The number of fused-ring (bicyclic) bond motifs is 3. The van der Waals surface area contributed by atoms with Gasteiger partial charge in [0.2, 0.25) is 11.5 Å². The summed E-state index contributed by atoms with van der Waals surface area (Å²) < 4.78 is 20.6. The van der Waals surface area contributed by atoms with Crippen LogP contribution in [-0.4, -0.2) is 21.2 Å². The molecule has 0 saturated carbocycles. The Labute approximate surface area is 192 Å². The SMILES string of the molecule is Cc1ccc(NC(=O)CSc2nc3c(oc4ccccc43)c(=O)n2-c2ccc(F)cc2)cc1. The van der Waals surface area contributed by atoms with Gasteiger partial charge in [0.15, 0.2) is 5.16 Å². The molecule has 0 aliphatic carbocycles. The first-order valence-electron chi connectivity index (χ1n) is 10.2. The Hall–Kier alpha value is -3.91. The molecule has 5 aromatic rings. The molecule has 0 bridgehead atoms. The minimum atomic E-state index is -0.427. The third-order valence-electron chi connectivity index (χ3n) is 5.12. The van der Waals surface area contributed by atoms with Gasteiger partial charge < -0.3 is 9.73 Å². The van der Waals surface area contributed by atoms with Gasteiger partial charge in [0, 0.05) is 11.1 Å². The predicted molar refractivity (Wildman–Crippen MR) is 128 cm³/mol. The topological polar surface area (TPSA) is 77.1 Å². The Balaban J connectivity index is 1.55. The number of anilines is 1. The van der Waals surface area contributed by atoms with Crippen molar-refractivity contribution in [3.05, 3.63) is 94.5 Å². The molecule has 0 unspecified atom stereocenters. The van der Waals surface area contributed by atoms with Gasteiger partial charge in [0.25, 0.3) is 0 Å². The fourth-order valence-electron chi connectivity index (χ4n) is 3.50. The number of para-hydroxylation sites is 1. The van der Waals surface area contributed by atoms with Crippen LogP contribution in [0.5, 0.6) is 0 Å². The number of aromatic nitrogens is 2. The van der Waals surface area contributed by atoms with Crippen LogP contribution >= 0.6 is 11.8 Å². The number of benzene rings is 3. The lowest BCUT2D eigenvalue weighted by molar-refractivity contribution is -0.113. The molecule has 0 spiro atoms. The van der Waals surface area contributed by atoms with Crippen LogP contribution in [0.3, 0.4) is 0 Å². The van der Waals surface area contributed by atoms with Crippen molar-refractivity contribution in [2.75, 3.05) is 11.1 Å². The Kier molecular flexibility index (Phi) is 5.43. The second kappa shape index (κ2) is 8.55. The van der Waals surface area contributed by atoms with E-state index in [1.807, 2.05) is 49.4 Å². The number of carbonyl (C=O) groups is 1. The van der Waals surface area contributed by atoms with Crippen LogP contribution in [0.25, 0.3) is 27.8 Å². The van der Waals surface area contributed by atoms with E-state index in [-0.39, 0.29) is 17.2 Å². The van der Waals surface area contributed by atoms with Crippen LogP contribution in [-0.2, 0) is 4.79 Å². The molecule has 0 fully saturated rings. The van der Waals surface area contributed by atoms with Crippen molar-refractivity contribution in [1.29, 1.82) is 0 Å². The molecular formula is C25H18FN3O3S. The van der Waals surface area contributed by atoms with Gasteiger partial charge in [-0.3, -0.25) is 14.2 Å². The van der Waals surface area contributed by atoms with E-state index in [0.29, 0.717) is 33.0 Å². The summed E-state index contributed by atoms with van der Waals surface area (Å²) in [5.41, 5.74) is 2.86. The number of hydrogen-bond acceptors (Lipinski definition) is 5. The summed E-state index contributed by atoms with van der Waals surface area (Å²) in [6.45, 7) is 1.97. The van der Waals surface area contributed by atoms with E-state index in [1.165, 1.54) is 28.8 Å². The Bertz CT molecular complexity index is 1540. The summed E-state index contributed by atoms with van der Waals surface area (Å²) in [5.74, 6) is -0.625. The van der Waals surface area contributed by atoms with Crippen molar-refractivity contribution in [2.45, 2.75) is 12.1 Å². The second-order valence-corrected chi connectivity index (χ2v) is 8.43. The summed E-state index contributed by atoms with van der Waals surface area (Å²) in [4.78, 5) is 30.6. The molecule has 0 atom stereocenters. The average molecular weight is 460 g/mol. The molecule has 6 nitrogen and oxygen atoms in total. The smallest absolute Gasteiger partial charge is 0.302 e. The maximum atomic E-state index is 13.5. The fraction of sp³-hybridized carbons (Fsp3) is 0.0800. The summed E-state index contributed by atoms with van der Waals surface area (Å²) in [6.07, 6.45) is 0. The molecule has 164 valence electrons. The van der Waals surface area contributed by atoms with Gasteiger partial charge in [0.05, 0.1) is 11.4 Å². The van der Waals surface area contributed by atoms with Gasteiger partial charge >= 0.3 is 5.56 Å². The summed E-state index contributed by atoms with van der Waals surface area (Å²) in [6, 6.07) is 20.2. The molecule has 0 aliphatic rings. The van der Waals surface area contributed by atoms with Crippen LogP contribution in [0.4, 0.5) is 10.1 Å². The third kappa shape index (κ3) is 4.12. The van der Waals surface area contributed by atoms with Crippen LogP contribution in [0.2, 0.25) is 0 Å². The molecular weight excluding hydrogens is 441 g/mol. The lowest BCUT2D eigenvalue weighted by Crippen LogP contribution is -2.22. The fourth-order valence-corrected chi connectivity index (χ4v) is 4.31. The number of aryl methyl sites for hydroxylation is 1. The number of amides is 1. The Morgan fingerprint density at radius 3 is 2.55 bits per heavy atom. The van der Waals surface area contributed by atoms with Crippen LogP contribution in [0.1, 0.15) is 5.56 Å². The molecule has 33 heavy (non-hydrogen) atoms. The normalized spacial score (nSPS) is 11.2. The Morgan fingerprint density at radius 1 is 1.06 bits per heavy atom. The molecule has 0 saturated heterocycles. The van der Waals surface area contributed by atoms with E-state index in [9.17, 15) is 14.0 Å².